The van der Waals surface area contributed by atoms with Crippen LogP contribution in [0.1, 0.15) is 18.1 Å². The Bertz CT molecular complexity index is 767. The number of H-pyrrole nitrogens is 1. The van der Waals surface area contributed by atoms with Crippen LogP contribution in [0, 0.1) is 13.8 Å². The highest BCUT2D eigenvalue weighted by atomic mass is 16.5. The van der Waals surface area contributed by atoms with Crippen molar-refractivity contribution in [3.8, 4) is 22.9 Å². The summed E-state index contributed by atoms with van der Waals surface area (Å²) in [5.74, 6) is 1.39. The third kappa shape index (κ3) is 2.44. The number of phenolic OH excluding ortho intramolecular Hbond substituents is 1. The predicted molar refractivity (Wildman–Crippen MR) is 83.8 cm³/mol. The van der Waals surface area contributed by atoms with Crippen LogP contribution in [0.5, 0.6) is 11.5 Å². The van der Waals surface area contributed by atoms with Gasteiger partial charge in [-0.15, -0.1) is 0 Å². The second-order valence-corrected chi connectivity index (χ2v) is 5.15. The Hall–Kier alpha value is -2.49. The zero-order valence-electron chi connectivity index (χ0n) is 12.4. The van der Waals surface area contributed by atoms with Crippen LogP contribution < -0.4 is 4.74 Å². The van der Waals surface area contributed by atoms with Gasteiger partial charge in [0.2, 0.25) is 0 Å². The number of aromatic nitrogens is 2. The van der Waals surface area contributed by atoms with E-state index in [9.17, 15) is 5.11 Å². The molecule has 2 N–H and O–H groups in total. The normalized spacial score (nSPS) is 11.0. The zero-order chi connectivity index (χ0) is 15.0. The maximum Gasteiger partial charge on any atom is 0.161 e. The van der Waals surface area contributed by atoms with Gasteiger partial charge < -0.3 is 14.8 Å². The first-order valence-electron chi connectivity index (χ1n) is 7.01. The van der Waals surface area contributed by atoms with Crippen LogP contribution in [0.2, 0.25) is 0 Å². The molecule has 108 valence electrons. The minimum absolute atomic E-state index is 0.142. The number of phenols is 1. The molecule has 0 amide bonds. The van der Waals surface area contributed by atoms with E-state index >= 15 is 0 Å². The maximum atomic E-state index is 9.77. The summed E-state index contributed by atoms with van der Waals surface area (Å²) in [6, 6.07) is 9.44. The van der Waals surface area contributed by atoms with Crippen molar-refractivity contribution in [2.75, 3.05) is 6.61 Å². The number of hydrogen-bond donors (Lipinski definition) is 2. The molecule has 0 aliphatic rings. The van der Waals surface area contributed by atoms with Crippen molar-refractivity contribution in [1.82, 2.24) is 9.97 Å². The van der Waals surface area contributed by atoms with Gasteiger partial charge in [0.25, 0.3) is 0 Å². The van der Waals surface area contributed by atoms with Crippen molar-refractivity contribution < 1.29 is 9.84 Å². The van der Waals surface area contributed by atoms with E-state index in [0.29, 0.717) is 12.4 Å². The quantitative estimate of drug-likeness (QED) is 0.764. The number of nitrogens with one attached hydrogen (secondary N) is 1. The highest BCUT2D eigenvalue weighted by molar-refractivity contribution is 5.81. The Labute approximate surface area is 123 Å². The molecular weight excluding hydrogens is 264 g/mol. The third-order valence-corrected chi connectivity index (χ3v) is 3.63. The first-order valence-corrected chi connectivity index (χ1v) is 7.01. The Kier molecular flexibility index (Phi) is 3.29. The summed E-state index contributed by atoms with van der Waals surface area (Å²) in [5, 5.41) is 9.77. The smallest absolute Gasteiger partial charge is 0.161 e. The highest BCUT2D eigenvalue weighted by Crippen LogP contribution is 2.31. The molecule has 0 fully saturated rings. The van der Waals surface area contributed by atoms with Gasteiger partial charge in [-0.3, -0.25) is 0 Å². The van der Waals surface area contributed by atoms with Gasteiger partial charge >= 0.3 is 0 Å². The van der Waals surface area contributed by atoms with Gasteiger partial charge in [-0.1, -0.05) is 0 Å². The third-order valence-electron chi connectivity index (χ3n) is 3.63. The van der Waals surface area contributed by atoms with Crippen molar-refractivity contribution in [3.05, 3.63) is 41.5 Å². The summed E-state index contributed by atoms with van der Waals surface area (Å²) in [6.45, 7) is 6.56. The summed E-state index contributed by atoms with van der Waals surface area (Å²) in [4.78, 5) is 7.94. The fourth-order valence-corrected chi connectivity index (χ4v) is 2.34. The van der Waals surface area contributed by atoms with Crippen LogP contribution in [0.15, 0.2) is 30.3 Å². The van der Waals surface area contributed by atoms with Crippen LogP contribution in [-0.4, -0.2) is 21.7 Å². The first kappa shape index (κ1) is 13.5. The largest absolute Gasteiger partial charge is 0.504 e. The van der Waals surface area contributed by atoms with Crippen LogP contribution in [-0.2, 0) is 0 Å². The number of ether oxygens (including phenoxy) is 1. The summed E-state index contributed by atoms with van der Waals surface area (Å²) in [7, 11) is 0. The molecule has 0 saturated carbocycles. The molecule has 2 aromatic carbocycles. The van der Waals surface area contributed by atoms with Gasteiger partial charge in [0.15, 0.2) is 11.5 Å². The topological polar surface area (TPSA) is 58.1 Å². The molecule has 4 heteroatoms. The van der Waals surface area contributed by atoms with E-state index in [2.05, 4.69) is 35.9 Å². The van der Waals surface area contributed by atoms with Crippen LogP contribution in [0.4, 0.5) is 0 Å². The van der Waals surface area contributed by atoms with Crippen molar-refractivity contribution >= 4 is 11.0 Å². The van der Waals surface area contributed by atoms with Gasteiger partial charge in [0.1, 0.15) is 5.82 Å². The molecule has 3 rings (SSSR count). The Morgan fingerprint density at radius 1 is 1.14 bits per heavy atom. The number of nitrogens with zero attached hydrogens (tertiary/aromatic N) is 1. The SMILES string of the molecule is CCOc1cc(-c2nc3cc(C)c(C)cc3[nH]2)ccc1O. The fourth-order valence-electron chi connectivity index (χ4n) is 2.34. The summed E-state index contributed by atoms with van der Waals surface area (Å²) in [6.07, 6.45) is 0. The van der Waals surface area contributed by atoms with Gasteiger partial charge in [0.05, 0.1) is 17.6 Å². The van der Waals surface area contributed by atoms with Crippen molar-refractivity contribution in [1.29, 1.82) is 0 Å². The molecule has 0 atom stereocenters. The molecule has 0 radical (unpaired) electrons. The van der Waals surface area contributed by atoms with Gasteiger partial charge in [-0.05, 0) is 62.2 Å². The van der Waals surface area contributed by atoms with Crippen molar-refractivity contribution in [3.63, 3.8) is 0 Å². The number of aryl methyl sites for hydroxylation is 2. The van der Waals surface area contributed by atoms with Crippen LogP contribution in [0.3, 0.4) is 0 Å². The number of aromatic hydroxyl groups is 1. The lowest BCUT2D eigenvalue weighted by Gasteiger charge is -2.06. The molecule has 1 heterocycles. The Morgan fingerprint density at radius 3 is 2.67 bits per heavy atom. The number of imidazole rings is 1. The van der Waals surface area contributed by atoms with E-state index in [1.807, 2.05) is 13.0 Å². The lowest BCUT2D eigenvalue weighted by molar-refractivity contribution is 0.318. The summed E-state index contributed by atoms with van der Waals surface area (Å²) < 4.78 is 5.42. The summed E-state index contributed by atoms with van der Waals surface area (Å²) >= 11 is 0. The van der Waals surface area contributed by atoms with Gasteiger partial charge in [-0.25, -0.2) is 4.98 Å². The van der Waals surface area contributed by atoms with Gasteiger partial charge in [-0.2, -0.15) is 0 Å². The molecule has 0 unspecified atom stereocenters. The molecule has 0 spiro atoms. The fraction of sp³-hybridized carbons (Fsp3) is 0.235. The van der Waals surface area contributed by atoms with Crippen molar-refractivity contribution in [2.45, 2.75) is 20.8 Å². The predicted octanol–water partition coefficient (Wildman–Crippen LogP) is 3.95. The summed E-state index contributed by atoms with van der Waals surface area (Å²) in [5.41, 5.74) is 5.31. The first-order chi connectivity index (χ1) is 10.1. The van der Waals surface area contributed by atoms with Crippen molar-refractivity contribution in [2.24, 2.45) is 0 Å². The second kappa shape index (κ2) is 5.13. The molecular formula is C17H18N2O2. The number of benzene rings is 2. The lowest BCUT2D eigenvalue weighted by Crippen LogP contribution is -1.92. The number of hydrogen-bond acceptors (Lipinski definition) is 3. The molecule has 3 aromatic rings. The average molecular weight is 282 g/mol. The molecule has 0 aliphatic heterocycles. The number of fused-ring (bicyclic) bond motifs is 1. The monoisotopic (exact) mass is 282 g/mol. The number of rotatable bonds is 3. The standard InChI is InChI=1S/C17H18N2O2/c1-4-21-16-9-12(5-6-15(16)20)17-18-13-7-10(2)11(3)8-14(13)19-17/h5-9,20H,4H2,1-3H3,(H,18,19). The van der Waals surface area contributed by atoms with Crippen LogP contribution in [0.25, 0.3) is 22.4 Å². The molecule has 4 nitrogen and oxygen atoms in total. The number of aromatic amines is 1. The zero-order valence-corrected chi connectivity index (χ0v) is 12.4. The van der Waals surface area contributed by atoms with Crippen LogP contribution >= 0.6 is 0 Å². The van der Waals surface area contributed by atoms with E-state index in [1.165, 1.54) is 11.1 Å². The molecule has 0 saturated heterocycles. The Morgan fingerprint density at radius 2 is 1.90 bits per heavy atom. The average Bonchev–Trinajstić information content (AvgIpc) is 2.85. The maximum absolute atomic E-state index is 9.77. The van der Waals surface area contributed by atoms with E-state index < -0.39 is 0 Å². The Balaban J connectivity index is 2.09. The van der Waals surface area contributed by atoms with E-state index in [1.54, 1.807) is 12.1 Å². The highest BCUT2D eigenvalue weighted by Gasteiger charge is 2.10. The minimum atomic E-state index is 0.142. The molecule has 0 bridgehead atoms. The molecule has 0 aliphatic carbocycles. The van der Waals surface area contributed by atoms with E-state index in [-0.39, 0.29) is 5.75 Å². The lowest BCUT2D eigenvalue weighted by atomic mass is 10.1. The van der Waals surface area contributed by atoms with E-state index in [0.717, 1.165) is 22.4 Å². The minimum Gasteiger partial charge on any atom is -0.504 e. The van der Waals surface area contributed by atoms with Gasteiger partial charge in [0, 0.05) is 5.56 Å². The van der Waals surface area contributed by atoms with E-state index in [4.69, 9.17) is 4.74 Å². The second-order valence-electron chi connectivity index (χ2n) is 5.15. The molecule has 21 heavy (non-hydrogen) atoms. The molecule has 1 aromatic heterocycles.